The van der Waals surface area contributed by atoms with E-state index in [4.69, 9.17) is 0 Å². The van der Waals surface area contributed by atoms with Gasteiger partial charge in [-0.3, -0.25) is 4.79 Å². The number of anilines is 4. The number of carbonyl (C=O) groups excluding carboxylic acids is 1. The van der Waals surface area contributed by atoms with Gasteiger partial charge in [-0.05, 0) is 42.7 Å². The van der Waals surface area contributed by atoms with Crippen molar-refractivity contribution < 1.29 is 4.79 Å². The molecule has 3 rings (SSSR count). The molecule has 6 heteroatoms. The zero-order valence-electron chi connectivity index (χ0n) is 15.3. The summed E-state index contributed by atoms with van der Waals surface area (Å²) in [7, 11) is 0. The summed E-state index contributed by atoms with van der Waals surface area (Å²) in [4.78, 5) is 19.6. The number of nitrogens with zero attached hydrogens (tertiary/aromatic N) is 2. The van der Waals surface area contributed by atoms with E-state index in [1.165, 1.54) is 18.8 Å². The van der Waals surface area contributed by atoms with E-state index in [2.05, 4.69) is 50.2 Å². The fourth-order valence-electron chi connectivity index (χ4n) is 2.66. The van der Waals surface area contributed by atoms with Crippen LogP contribution in [0.15, 0.2) is 67.0 Å². The van der Waals surface area contributed by atoms with Crippen LogP contribution in [0.1, 0.15) is 18.9 Å². The summed E-state index contributed by atoms with van der Waals surface area (Å²) >= 11 is 0. The Labute approximate surface area is 159 Å². The number of carbonyl (C=O) groups is 1. The second-order valence-corrected chi connectivity index (χ2v) is 6.19. The highest BCUT2D eigenvalue weighted by Gasteiger charge is 2.01. The van der Waals surface area contributed by atoms with Gasteiger partial charge in [0.15, 0.2) is 0 Å². The van der Waals surface area contributed by atoms with Crippen molar-refractivity contribution in [2.45, 2.75) is 19.8 Å². The van der Waals surface area contributed by atoms with Gasteiger partial charge in [-0.25, -0.2) is 9.97 Å². The van der Waals surface area contributed by atoms with E-state index in [-0.39, 0.29) is 5.91 Å². The molecule has 1 heterocycles. The highest BCUT2D eigenvalue weighted by molar-refractivity contribution is 5.88. The van der Waals surface area contributed by atoms with Gasteiger partial charge in [0.2, 0.25) is 5.91 Å². The standard InChI is InChI=1S/C21H23N5O/c1-16(27)25-18-9-11-19(12-10-18)26-21-14-20(23-15-24-21)22-13-5-8-17-6-3-2-4-7-17/h2-4,6-7,9-12,14-15H,5,8,13H2,1H3,(H,25,27)(H2,22,23,24,26). The van der Waals surface area contributed by atoms with E-state index in [0.717, 1.165) is 36.6 Å². The lowest BCUT2D eigenvalue weighted by Gasteiger charge is -2.09. The minimum atomic E-state index is -0.0884. The average Bonchev–Trinajstić information content (AvgIpc) is 2.68. The molecule has 0 aliphatic heterocycles. The van der Waals surface area contributed by atoms with Crippen LogP contribution in [-0.2, 0) is 11.2 Å². The van der Waals surface area contributed by atoms with Crippen molar-refractivity contribution in [1.82, 2.24) is 9.97 Å². The minimum Gasteiger partial charge on any atom is -0.370 e. The SMILES string of the molecule is CC(=O)Nc1ccc(Nc2cc(NCCCc3ccccc3)ncn2)cc1. The smallest absolute Gasteiger partial charge is 0.221 e. The van der Waals surface area contributed by atoms with Crippen LogP contribution < -0.4 is 16.0 Å². The van der Waals surface area contributed by atoms with Crippen LogP contribution in [0.4, 0.5) is 23.0 Å². The van der Waals surface area contributed by atoms with Gasteiger partial charge in [-0.2, -0.15) is 0 Å². The van der Waals surface area contributed by atoms with Crippen LogP contribution in [0.2, 0.25) is 0 Å². The first kappa shape index (κ1) is 18.4. The Morgan fingerprint density at radius 2 is 1.63 bits per heavy atom. The molecule has 0 fully saturated rings. The fraction of sp³-hybridized carbons (Fsp3) is 0.190. The molecule has 27 heavy (non-hydrogen) atoms. The number of hydrogen-bond donors (Lipinski definition) is 3. The van der Waals surface area contributed by atoms with Gasteiger partial charge < -0.3 is 16.0 Å². The highest BCUT2D eigenvalue weighted by atomic mass is 16.1. The van der Waals surface area contributed by atoms with Crippen molar-refractivity contribution in [3.05, 3.63) is 72.6 Å². The van der Waals surface area contributed by atoms with E-state index in [0.29, 0.717) is 5.82 Å². The van der Waals surface area contributed by atoms with Crippen molar-refractivity contribution in [3.63, 3.8) is 0 Å². The zero-order valence-corrected chi connectivity index (χ0v) is 15.3. The first-order valence-corrected chi connectivity index (χ1v) is 8.93. The van der Waals surface area contributed by atoms with Crippen molar-refractivity contribution in [3.8, 4) is 0 Å². The molecule has 0 saturated carbocycles. The summed E-state index contributed by atoms with van der Waals surface area (Å²) in [6.07, 6.45) is 3.60. The lowest BCUT2D eigenvalue weighted by molar-refractivity contribution is -0.114. The second-order valence-electron chi connectivity index (χ2n) is 6.19. The van der Waals surface area contributed by atoms with E-state index < -0.39 is 0 Å². The van der Waals surface area contributed by atoms with Crippen molar-refractivity contribution >= 4 is 28.9 Å². The monoisotopic (exact) mass is 361 g/mol. The third-order valence-electron chi connectivity index (χ3n) is 3.94. The zero-order chi connectivity index (χ0) is 18.9. The normalized spacial score (nSPS) is 10.3. The first-order valence-electron chi connectivity index (χ1n) is 8.93. The quantitative estimate of drug-likeness (QED) is 0.524. The fourth-order valence-corrected chi connectivity index (χ4v) is 2.66. The molecule has 3 N–H and O–H groups in total. The molecule has 6 nitrogen and oxygen atoms in total. The molecule has 138 valence electrons. The number of aryl methyl sites for hydroxylation is 1. The third kappa shape index (κ3) is 6.11. The first-order chi connectivity index (χ1) is 13.2. The Hall–Kier alpha value is -3.41. The van der Waals surface area contributed by atoms with Gasteiger partial charge in [-0.1, -0.05) is 30.3 Å². The predicted octanol–water partition coefficient (Wildman–Crippen LogP) is 4.22. The van der Waals surface area contributed by atoms with Gasteiger partial charge >= 0.3 is 0 Å². The topological polar surface area (TPSA) is 78.9 Å². The van der Waals surface area contributed by atoms with E-state index in [1.807, 2.05) is 36.4 Å². The van der Waals surface area contributed by atoms with Crippen molar-refractivity contribution in [2.24, 2.45) is 0 Å². The number of rotatable bonds is 8. The molecule has 0 aliphatic carbocycles. The molecular formula is C21H23N5O. The minimum absolute atomic E-state index is 0.0884. The van der Waals surface area contributed by atoms with Gasteiger partial charge in [0, 0.05) is 30.9 Å². The van der Waals surface area contributed by atoms with Crippen LogP contribution in [0.5, 0.6) is 0 Å². The van der Waals surface area contributed by atoms with Crippen molar-refractivity contribution in [1.29, 1.82) is 0 Å². The van der Waals surface area contributed by atoms with Gasteiger partial charge in [0.05, 0.1) is 0 Å². The number of amides is 1. The van der Waals surface area contributed by atoms with E-state index in [9.17, 15) is 4.79 Å². The predicted molar refractivity (Wildman–Crippen MR) is 109 cm³/mol. The molecule has 2 aromatic carbocycles. The summed E-state index contributed by atoms with van der Waals surface area (Å²) in [5.41, 5.74) is 2.99. The lowest BCUT2D eigenvalue weighted by atomic mass is 10.1. The molecule has 0 atom stereocenters. The molecule has 0 saturated heterocycles. The second kappa shape index (κ2) is 9.33. The summed E-state index contributed by atoms with van der Waals surface area (Å²) in [6.45, 7) is 2.33. The van der Waals surface area contributed by atoms with Crippen LogP contribution in [0.3, 0.4) is 0 Å². The maximum absolute atomic E-state index is 11.1. The third-order valence-corrected chi connectivity index (χ3v) is 3.94. The van der Waals surface area contributed by atoms with Crippen LogP contribution >= 0.6 is 0 Å². The van der Waals surface area contributed by atoms with Crippen LogP contribution in [-0.4, -0.2) is 22.4 Å². The maximum atomic E-state index is 11.1. The van der Waals surface area contributed by atoms with Gasteiger partial charge in [0.1, 0.15) is 18.0 Å². The summed E-state index contributed by atoms with van der Waals surface area (Å²) in [6, 6.07) is 19.8. The molecule has 3 aromatic rings. The lowest BCUT2D eigenvalue weighted by Crippen LogP contribution is -2.06. The Morgan fingerprint density at radius 3 is 2.37 bits per heavy atom. The molecule has 0 bridgehead atoms. The number of nitrogens with one attached hydrogen (secondary N) is 3. The summed E-state index contributed by atoms with van der Waals surface area (Å²) < 4.78 is 0. The summed E-state index contributed by atoms with van der Waals surface area (Å²) in [5, 5.41) is 9.31. The van der Waals surface area contributed by atoms with Crippen LogP contribution in [0.25, 0.3) is 0 Å². The molecule has 1 aromatic heterocycles. The average molecular weight is 361 g/mol. The molecule has 0 radical (unpaired) electrons. The van der Waals surface area contributed by atoms with Crippen molar-refractivity contribution in [2.75, 3.05) is 22.5 Å². The Balaban J connectivity index is 1.50. The number of hydrogen-bond acceptors (Lipinski definition) is 5. The Kier molecular flexibility index (Phi) is 6.35. The van der Waals surface area contributed by atoms with E-state index in [1.54, 1.807) is 0 Å². The van der Waals surface area contributed by atoms with Crippen LogP contribution in [0, 0.1) is 0 Å². The number of benzene rings is 2. The van der Waals surface area contributed by atoms with E-state index >= 15 is 0 Å². The highest BCUT2D eigenvalue weighted by Crippen LogP contribution is 2.18. The maximum Gasteiger partial charge on any atom is 0.221 e. The Morgan fingerprint density at radius 1 is 0.926 bits per heavy atom. The Bertz CT molecular complexity index is 865. The molecule has 0 aliphatic rings. The molecule has 1 amide bonds. The summed E-state index contributed by atoms with van der Waals surface area (Å²) in [5.74, 6) is 1.41. The molecule has 0 spiro atoms. The number of aromatic nitrogens is 2. The molecule has 0 unspecified atom stereocenters. The van der Waals surface area contributed by atoms with Gasteiger partial charge in [0.25, 0.3) is 0 Å². The van der Waals surface area contributed by atoms with Gasteiger partial charge in [-0.15, -0.1) is 0 Å². The largest absolute Gasteiger partial charge is 0.370 e. The molecular weight excluding hydrogens is 338 g/mol.